The van der Waals surface area contributed by atoms with Gasteiger partial charge in [-0.3, -0.25) is 0 Å². The minimum Gasteiger partial charge on any atom is -0.457 e. The summed E-state index contributed by atoms with van der Waals surface area (Å²) in [7, 11) is 0. The number of hydrogen-bond acceptors (Lipinski definition) is 3. The molecule has 0 saturated carbocycles. The Morgan fingerprint density at radius 3 is 2.56 bits per heavy atom. The molecule has 0 amide bonds. The molecule has 3 nitrogen and oxygen atoms in total. The molecular formula is C15H16O3. The standard InChI is InChI=1S/C15H16O3/c1-11-5-6-15(13(7-11)10-17)18-14-4-2-3-12(8-14)9-16/h2-8,16-17H,9-10H2,1H3. The topological polar surface area (TPSA) is 49.7 Å². The van der Waals surface area contributed by atoms with Crippen molar-refractivity contribution in [3.63, 3.8) is 0 Å². The fourth-order valence-corrected chi connectivity index (χ4v) is 1.77. The molecule has 2 aromatic rings. The van der Waals surface area contributed by atoms with E-state index in [1.807, 2.05) is 43.3 Å². The molecule has 0 aromatic heterocycles. The molecular weight excluding hydrogens is 228 g/mol. The fraction of sp³-hybridized carbons (Fsp3) is 0.200. The lowest BCUT2D eigenvalue weighted by molar-refractivity contribution is 0.275. The summed E-state index contributed by atoms with van der Waals surface area (Å²) in [4.78, 5) is 0. The Morgan fingerprint density at radius 2 is 1.83 bits per heavy atom. The highest BCUT2D eigenvalue weighted by Crippen LogP contribution is 2.26. The third-order valence-corrected chi connectivity index (χ3v) is 2.70. The predicted octanol–water partition coefficient (Wildman–Crippen LogP) is 2.77. The summed E-state index contributed by atoms with van der Waals surface area (Å²) in [6, 6.07) is 12.9. The van der Waals surface area contributed by atoms with Crippen molar-refractivity contribution in [1.82, 2.24) is 0 Å². The van der Waals surface area contributed by atoms with Gasteiger partial charge in [0, 0.05) is 5.56 Å². The van der Waals surface area contributed by atoms with Gasteiger partial charge in [-0.05, 0) is 30.7 Å². The van der Waals surface area contributed by atoms with Crippen molar-refractivity contribution in [3.05, 3.63) is 59.2 Å². The number of rotatable bonds is 4. The van der Waals surface area contributed by atoms with E-state index in [1.54, 1.807) is 6.07 Å². The Bertz CT molecular complexity index is 535. The van der Waals surface area contributed by atoms with Crippen molar-refractivity contribution in [2.24, 2.45) is 0 Å². The van der Waals surface area contributed by atoms with E-state index in [4.69, 9.17) is 9.84 Å². The zero-order valence-electron chi connectivity index (χ0n) is 10.3. The molecule has 0 aliphatic rings. The van der Waals surface area contributed by atoms with Crippen molar-refractivity contribution in [2.75, 3.05) is 0 Å². The minimum atomic E-state index is -0.0588. The molecule has 18 heavy (non-hydrogen) atoms. The maximum Gasteiger partial charge on any atom is 0.132 e. The molecule has 0 spiro atoms. The van der Waals surface area contributed by atoms with Crippen LogP contribution in [0.4, 0.5) is 0 Å². The first-order valence-corrected chi connectivity index (χ1v) is 5.81. The van der Waals surface area contributed by atoms with Crippen LogP contribution in [0.3, 0.4) is 0 Å². The number of ether oxygens (including phenoxy) is 1. The zero-order chi connectivity index (χ0) is 13.0. The van der Waals surface area contributed by atoms with Crippen LogP contribution in [0.2, 0.25) is 0 Å². The van der Waals surface area contributed by atoms with E-state index < -0.39 is 0 Å². The Balaban J connectivity index is 2.27. The SMILES string of the molecule is Cc1ccc(Oc2cccc(CO)c2)c(CO)c1. The van der Waals surface area contributed by atoms with E-state index in [0.29, 0.717) is 11.5 Å². The number of aliphatic hydroxyl groups is 2. The molecule has 3 heteroatoms. The average Bonchev–Trinajstić information content (AvgIpc) is 2.41. The summed E-state index contributed by atoms with van der Waals surface area (Å²) in [5.74, 6) is 1.29. The molecule has 0 fully saturated rings. The lowest BCUT2D eigenvalue weighted by Crippen LogP contribution is -1.93. The maximum absolute atomic E-state index is 9.30. The second kappa shape index (κ2) is 5.67. The smallest absolute Gasteiger partial charge is 0.132 e. The Kier molecular flexibility index (Phi) is 3.97. The van der Waals surface area contributed by atoms with Gasteiger partial charge in [0.2, 0.25) is 0 Å². The first kappa shape index (κ1) is 12.6. The van der Waals surface area contributed by atoms with Crippen LogP contribution in [-0.4, -0.2) is 10.2 Å². The third kappa shape index (κ3) is 2.88. The fourth-order valence-electron chi connectivity index (χ4n) is 1.77. The Hall–Kier alpha value is -1.84. The highest BCUT2D eigenvalue weighted by Gasteiger charge is 2.05. The molecule has 0 atom stereocenters. The van der Waals surface area contributed by atoms with Gasteiger partial charge in [0.15, 0.2) is 0 Å². The maximum atomic E-state index is 9.30. The Labute approximate surface area is 106 Å². The summed E-state index contributed by atoms with van der Waals surface area (Å²) < 4.78 is 5.73. The van der Waals surface area contributed by atoms with Crippen LogP contribution in [0.25, 0.3) is 0 Å². The van der Waals surface area contributed by atoms with Gasteiger partial charge in [-0.15, -0.1) is 0 Å². The predicted molar refractivity (Wildman–Crippen MR) is 69.5 cm³/mol. The van der Waals surface area contributed by atoms with E-state index in [9.17, 15) is 5.11 Å². The van der Waals surface area contributed by atoms with Crippen LogP contribution in [0.5, 0.6) is 11.5 Å². The molecule has 2 rings (SSSR count). The van der Waals surface area contributed by atoms with Crippen LogP contribution in [0.1, 0.15) is 16.7 Å². The number of hydrogen-bond donors (Lipinski definition) is 2. The van der Waals surface area contributed by atoms with Gasteiger partial charge >= 0.3 is 0 Å². The molecule has 2 aromatic carbocycles. The van der Waals surface area contributed by atoms with Gasteiger partial charge in [-0.25, -0.2) is 0 Å². The molecule has 0 heterocycles. The Morgan fingerprint density at radius 1 is 1.00 bits per heavy atom. The molecule has 0 aliphatic heterocycles. The third-order valence-electron chi connectivity index (χ3n) is 2.70. The number of aliphatic hydroxyl groups excluding tert-OH is 2. The van der Waals surface area contributed by atoms with Gasteiger partial charge in [0.05, 0.1) is 13.2 Å². The van der Waals surface area contributed by atoms with Crippen LogP contribution in [0.15, 0.2) is 42.5 Å². The monoisotopic (exact) mass is 244 g/mol. The van der Waals surface area contributed by atoms with Gasteiger partial charge in [-0.2, -0.15) is 0 Å². The van der Waals surface area contributed by atoms with Gasteiger partial charge in [-0.1, -0.05) is 29.8 Å². The van der Waals surface area contributed by atoms with Crippen LogP contribution >= 0.6 is 0 Å². The zero-order valence-corrected chi connectivity index (χ0v) is 10.3. The first-order chi connectivity index (χ1) is 8.72. The summed E-state index contributed by atoms with van der Waals surface area (Å²) >= 11 is 0. The van der Waals surface area contributed by atoms with Gasteiger partial charge in [0.25, 0.3) is 0 Å². The molecule has 2 N–H and O–H groups in total. The van der Waals surface area contributed by atoms with Crippen molar-refractivity contribution < 1.29 is 14.9 Å². The molecule has 0 saturated heterocycles. The quantitative estimate of drug-likeness (QED) is 0.869. The number of aryl methyl sites for hydroxylation is 1. The largest absolute Gasteiger partial charge is 0.457 e. The summed E-state index contributed by atoms with van der Waals surface area (Å²) in [6.45, 7) is 1.89. The van der Waals surface area contributed by atoms with E-state index in [2.05, 4.69) is 0 Å². The molecule has 0 aliphatic carbocycles. The molecule has 0 unspecified atom stereocenters. The average molecular weight is 244 g/mol. The van der Waals surface area contributed by atoms with Gasteiger partial charge < -0.3 is 14.9 Å². The van der Waals surface area contributed by atoms with Crippen LogP contribution in [0, 0.1) is 6.92 Å². The normalized spacial score (nSPS) is 10.4. The van der Waals surface area contributed by atoms with Gasteiger partial charge in [0.1, 0.15) is 11.5 Å². The second-order valence-electron chi connectivity index (χ2n) is 4.18. The van der Waals surface area contributed by atoms with Crippen molar-refractivity contribution in [1.29, 1.82) is 0 Å². The molecule has 0 radical (unpaired) electrons. The summed E-state index contributed by atoms with van der Waals surface area (Å²) in [5.41, 5.74) is 2.63. The minimum absolute atomic E-state index is 0.0159. The highest BCUT2D eigenvalue weighted by molar-refractivity contribution is 5.40. The summed E-state index contributed by atoms with van der Waals surface area (Å²) in [5, 5.41) is 18.4. The van der Waals surface area contributed by atoms with E-state index in [1.165, 1.54) is 0 Å². The molecule has 0 bridgehead atoms. The van der Waals surface area contributed by atoms with E-state index >= 15 is 0 Å². The second-order valence-corrected chi connectivity index (χ2v) is 4.18. The van der Waals surface area contributed by atoms with Crippen molar-refractivity contribution in [3.8, 4) is 11.5 Å². The highest BCUT2D eigenvalue weighted by atomic mass is 16.5. The van der Waals surface area contributed by atoms with Crippen LogP contribution in [-0.2, 0) is 13.2 Å². The van der Waals surface area contributed by atoms with Crippen LogP contribution < -0.4 is 4.74 Å². The summed E-state index contributed by atoms with van der Waals surface area (Å²) in [6.07, 6.45) is 0. The first-order valence-electron chi connectivity index (χ1n) is 5.81. The lowest BCUT2D eigenvalue weighted by atomic mass is 10.1. The van der Waals surface area contributed by atoms with E-state index in [-0.39, 0.29) is 13.2 Å². The van der Waals surface area contributed by atoms with E-state index in [0.717, 1.165) is 16.7 Å². The molecule has 94 valence electrons. The lowest BCUT2D eigenvalue weighted by Gasteiger charge is -2.11. The van der Waals surface area contributed by atoms with Crippen molar-refractivity contribution >= 4 is 0 Å². The number of benzene rings is 2. The van der Waals surface area contributed by atoms with Crippen molar-refractivity contribution in [2.45, 2.75) is 20.1 Å².